The summed E-state index contributed by atoms with van der Waals surface area (Å²) in [6.07, 6.45) is 0. The molecule has 0 saturated carbocycles. The topological polar surface area (TPSA) is 65.7 Å². The van der Waals surface area contributed by atoms with E-state index >= 15 is 0 Å². The van der Waals surface area contributed by atoms with Gasteiger partial charge in [-0.1, -0.05) is 54.1 Å². The van der Waals surface area contributed by atoms with Crippen molar-refractivity contribution in [3.8, 4) is 22.4 Å². The Morgan fingerprint density at radius 1 is 0.762 bits per heavy atom. The van der Waals surface area contributed by atoms with Crippen molar-refractivity contribution in [2.45, 2.75) is 0 Å². The molecule has 3 aromatic rings. The summed E-state index contributed by atoms with van der Waals surface area (Å²) >= 11 is 5.88. The third-order valence-corrected chi connectivity index (χ3v) is 3.39. The Morgan fingerprint density at radius 2 is 1.43 bits per heavy atom. The van der Waals surface area contributed by atoms with Gasteiger partial charge in [0, 0.05) is 5.02 Å². The Morgan fingerprint density at radius 3 is 2.10 bits per heavy atom. The third kappa shape index (κ3) is 2.66. The van der Waals surface area contributed by atoms with Crippen LogP contribution in [0.4, 0.5) is 0 Å². The zero-order valence-corrected chi connectivity index (χ0v) is 11.6. The number of hydrogen-bond donors (Lipinski definition) is 2. The van der Waals surface area contributed by atoms with Crippen molar-refractivity contribution in [3.63, 3.8) is 0 Å². The van der Waals surface area contributed by atoms with Crippen LogP contribution >= 0.6 is 11.6 Å². The fraction of sp³-hybridized carbons (Fsp3) is 0. The second kappa shape index (κ2) is 5.42. The van der Waals surface area contributed by atoms with Crippen molar-refractivity contribution < 1.29 is 0 Å². The zero-order chi connectivity index (χ0) is 14.8. The number of aromatic amines is 2. The van der Waals surface area contributed by atoms with Crippen LogP contribution in [0.1, 0.15) is 0 Å². The molecule has 0 fully saturated rings. The number of aromatic nitrogens is 2. The highest BCUT2D eigenvalue weighted by Gasteiger charge is 2.13. The van der Waals surface area contributed by atoms with Crippen molar-refractivity contribution in [1.29, 1.82) is 0 Å². The van der Waals surface area contributed by atoms with Crippen LogP contribution in [0.2, 0.25) is 5.02 Å². The Hall–Kier alpha value is -2.59. The lowest BCUT2D eigenvalue weighted by Crippen LogP contribution is -2.24. The van der Waals surface area contributed by atoms with Crippen LogP contribution in [0.3, 0.4) is 0 Å². The Labute approximate surface area is 125 Å². The van der Waals surface area contributed by atoms with Crippen LogP contribution in [0.25, 0.3) is 22.4 Å². The Balaban J connectivity index is 2.32. The monoisotopic (exact) mass is 298 g/mol. The van der Waals surface area contributed by atoms with E-state index in [1.54, 1.807) is 24.3 Å². The van der Waals surface area contributed by atoms with E-state index in [-0.39, 0.29) is 0 Å². The molecule has 0 aliphatic heterocycles. The SMILES string of the molecule is O=c1[nH]c(-c2ccccc2)c(-c2ccc(Cl)cc2)c(=O)[nH]1. The highest BCUT2D eigenvalue weighted by Crippen LogP contribution is 2.27. The number of hydrogen-bond acceptors (Lipinski definition) is 2. The number of halogens is 1. The minimum atomic E-state index is -0.531. The van der Waals surface area contributed by atoms with Gasteiger partial charge in [-0.2, -0.15) is 0 Å². The Bertz CT molecular complexity index is 881. The molecule has 0 aliphatic carbocycles. The molecule has 0 saturated heterocycles. The van der Waals surface area contributed by atoms with Gasteiger partial charge in [-0.15, -0.1) is 0 Å². The van der Waals surface area contributed by atoms with E-state index in [2.05, 4.69) is 9.97 Å². The molecule has 3 rings (SSSR count). The molecule has 0 aliphatic rings. The molecule has 0 unspecified atom stereocenters. The smallest absolute Gasteiger partial charge is 0.306 e. The van der Waals surface area contributed by atoms with Gasteiger partial charge in [-0.25, -0.2) is 4.79 Å². The zero-order valence-electron chi connectivity index (χ0n) is 10.9. The molecule has 0 amide bonds. The normalized spacial score (nSPS) is 10.5. The number of benzene rings is 2. The summed E-state index contributed by atoms with van der Waals surface area (Å²) in [7, 11) is 0. The van der Waals surface area contributed by atoms with Crippen LogP contribution in [0.15, 0.2) is 64.2 Å². The molecule has 2 N–H and O–H groups in total. The van der Waals surface area contributed by atoms with Gasteiger partial charge in [0.1, 0.15) is 0 Å². The lowest BCUT2D eigenvalue weighted by molar-refractivity contribution is 1.05. The molecule has 0 bridgehead atoms. The van der Waals surface area contributed by atoms with Crippen LogP contribution in [-0.4, -0.2) is 9.97 Å². The fourth-order valence-corrected chi connectivity index (χ4v) is 2.33. The van der Waals surface area contributed by atoms with Gasteiger partial charge in [-0.3, -0.25) is 9.78 Å². The molecular formula is C16H11ClN2O2. The van der Waals surface area contributed by atoms with Crippen molar-refractivity contribution in [2.75, 3.05) is 0 Å². The van der Waals surface area contributed by atoms with Gasteiger partial charge >= 0.3 is 5.69 Å². The average molecular weight is 299 g/mol. The number of nitrogens with one attached hydrogen (secondary N) is 2. The molecule has 5 heteroatoms. The molecule has 0 atom stereocenters. The van der Waals surface area contributed by atoms with E-state index in [1.165, 1.54) is 0 Å². The van der Waals surface area contributed by atoms with Crippen LogP contribution < -0.4 is 11.2 Å². The lowest BCUT2D eigenvalue weighted by Gasteiger charge is -2.08. The van der Waals surface area contributed by atoms with E-state index in [4.69, 9.17) is 11.6 Å². The molecule has 104 valence electrons. The Kier molecular flexibility index (Phi) is 3.46. The third-order valence-electron chi connectivity index (χ3n) is 3.14. The first-order valence-corrected chi connectivity index (χ1v) is 6.71. The molecule has 4 nitrogen and oxygen atoms in total. The summed E-state index contributed by atoms with van der Waals surface area (Å²) in [6, 6.07) is 16.1. The molecule has 1 aromatic heterocycles. The van der Waals surface area contributed by atoms with Crippen LogP contribution in [0.5, 0.6) is 0 Å². The first kappa shape index (κ1) is 13.4. The van der Waals surface area contributed by atoms with Gasteiger partial charge in [0.2, 0.25) is 0 Å². The molecule has 0 spiro atoms. The maximum atomic E-state index is 12.2. The van der Waals surface area contributed by atoms with Gasteiger partial charge in [0.15, 0.2) is 0 Å². The van der Waals surface area contributed by atoms with E-state index in [1.807, 2.05) is 30.3 Å². The fourth-order valence-electron chi connectivity index (χ4n) is 2.20. The minimum absolute atomic E-state index is 0.414. The summed E-state index contributed by atoms with van der Waals surface area (Å²) in [6.45, 7) is 0. The largest absolute Gasteiger partial charge is 0.326 e. The highest BCUT2D eigenvalue weighted by molar-refractivity contribution is 6.30. The number of rotatable bonds is 2. The molecule has 21 heavy (non-hydrogen) atoms. The second-order valence-electron chi connectivity index (χ2n) is 4.53. The minimum Gasteiger partial charge on any atom is -0.306 e. The quantitative estimate of drug-likeness (QED) is 0.763. The first-order chi connectivity index (χ1) is 10.1. The molecule has 1 heterocycles. The molecule has 2 aromatic carbocycles. The maximum absolute atomic E-state index is 12.2. The molecular weight excluding hydrogens is 288 g/mol. The highest BCUT2D eigenvalue weighted by atomic mass is 35.5. The average Bonchev–Trinajstić information content (AvgIpc) is 2.49. The van der Waals surface area contributed by atoms with E-state index in [9.17, 15) is 9.59 Å². The van der Waals surface area contributed by atoms with Crippen molar-refractivity contribution in [1.82, 2.24) is 9.97 Å². The van der Waals surface area contributed by atoms with Gasteiger partial charge in [-0.05, 0) is 23.3 Å². The lowest BCUT2D eigenvalue weighted by atomic mass is 10.0. The summed E-state index contributed by atoms with van der Waals surface area (Å²) in [5.74, 6) is 0. The summed E-state index contributed by atoms with van der Waals surface area (Å²) in [5.41, 5.74) is 1.40. The van der Waals surface area contributed by atoms with Gasteiger partial charge < -0.3 is 4.98 Å². The maximum Gasteiger partial charge on any atom is 0.326 e. The standard InChI is InChI=1S/C16H11ClN2O2/c17-12-8-6-10(7-9-12)13-14(11-4-2-1-3-5-11)18-16(21)19-15(13)20/h1-9H,(H2,18,19,20,21). The van der Waals surface area contributed by atoms with Gasteiger partial charge in [0.05, 0.1) is 11.3 Å². The predicted octanol–water partition coefficient (Wildman–Crippen LogP) is 3.05. The summed E-state index contributed by atoms with van der Waals surface area (Å²) in [5, 5.41) is 0.584. The summed E-state index contributed by atoms with van der Waals surface area (Å²) in [4.78, 5) is 28.8. The van der Waals surface area contributed by atoms with Crippen molar-refractivity contribution in [2.24, 2.45) is 0 Å². The number of H-pyrrole nitrogens is 2. The van der Waals surface area contributed by atoms with E-state index in [0.717, 1.165) is 5.56 Å². The first-order valence-electron chi connectivity index (χ1n) is 6.33. The van der Waals surface area contributed by atoms with Crippen molar-refractivity contribution in [3.05, 3.63) is 80.5 Å². The van der Waals surface area contributed by atoms with E-state index < -0.39 is 11.2 Å². The summed E-state index contributed by atoms with van der Waals surface area (Å²) < 4.78 is 0. The van der Waals surface area contributed by atoms with Crippen LogP contribution in [-0.2, 0) is 0 Å². The predicted molar refractivity (Wildman–Crippen MR) is 83.6 cm³/mol. The second-order valence-corrected chi connectivity index (χ2v) is 4.97. The van der Waals surface area contributed by atoms with Crippen molar-refractivity contribution >= 4 is 11.6 Å². The molecule has 0 radical (unpaired) electrons. The van der Waals surface area contributed by atoms with Crippen LogP contribution in [0, 0.1) is 0 Å². The van der Waals surface area contributed by atoms with Gasteiger partial charge in [0.25, 0.3) is 5.56 Å². The van der Waals surface area contributed by atoms with E-state index in [0.29, 0.717) is 21.8 Å².